The average Bonchev–Trinajstić information content (AvgIpc) is 2.89. The zero-order chi connectivity index (χ0) is 24.8. The van der Waals surface area contributed by atoms with Gasteiger partial charge in [-0.1, -0.05) is 18.7 Å². The van der Waals surface area contributed by atoms with Crippen LogP contribution in [0.1, 0.15) is 40.7 Å². The number of nitrogens with one attached hydrogen (secondary N) is 2. The third-order valence-electron chi connectivity index (χ3n) is 6.41. The predicted octanol–water partition coefficient (Wildman–Crippen LogP) is 2.44. The van der Waals surface area contributed by atoms with Gasteiger partial charge < -0.3 is 15.4 Å². The second-order valence-corrected chi connectivity index (χ2v) is 10.8. The first-order valence-electron chi connectivity index (χ1n) is 11.9. The lowest BCUT2D eigenvalue weighted by molar-refractivity contribution is -0.117. The molecule has 2 aromatic carbocycles. The Morgan fingerprint density at radius 3 is 2.57 bits per heavy atom. The number of hydrogen-bond donors (Lipinski definition) is 2. The van der Waals surface area contributed by atoms with Crippen LogP contribution in [0.2, 0.25) is 0 Å². The van der Waals surface area contributed by atoms with Crippen molar-refractivity contribution >= 4 is 21.8 Å². The third kappa shape index (κ3) is 6.10. The van der Waals surface area contributed by atoms with Gasteiger partial charge in [-0.15, -0.1) is 0 Å². The molecule has 1 saturated heterocycles. The molecule has 2 aliphatic rings. The van der Waals surface area contributed by atoms with Crippen molar-refractivity contribution in [2.45, 2.75) is 43.0 Å². The Morgan fingerprint density at radius 1 is 1.11 bits per heavy atom. The number of amides is 2. The van der Waals surface area contributed by atoms with Gasteiger partial charge in [0.15, 0.2) is 0 Å². The zero-order valence-corrected chi connectivity index (χ0v) is 20.5. The van der Waals surface area contributed by atoms with Crippen LogP contribution in [-0.2, 0) is 27.7 Å². The first kappa shape index (κ1) is 24.9. The van der Waals surface area contributed by atoms with E-state index in [1.165, 1.54) is 40.2 Å². The van der Waals surface area contributed by atoms with Crippen molar-refractivity contribution in [3.8, 4) is 5.75 Å². The highest BCUT2D eigenvalue weighted by Gasteiger charge is 2.29. The van der Waals surface area contributed by atoms with Crippen molar-refractivity contribution in [1.82, 2.24) is 14.9 Å². The summed E-state index contributed by atoms with van der Waals surface area (Å²) in [5.74, 6) is 0.453. The number of hydrogen-bond acceptors (Lipinski definition) is 5. The van der Waals surface area contributed by atoms with Gasteiger partial charge in [0.05, 0.1) is 11.5 Å². The second kappa shape index (κ2) is 11.0. The summed E-state index contributed by atoms with van der Waals surface area (Å²) in [4.78, 5) is 24.2. The Hall–Kier alpha value is -3.17. The average molecular weight is 498 g/mol. The van der Waals surface area contributed by atoms with Crippen LogP contribution in [0, 0.1) is 0 Å². The number of fused-ring (bicyclic) bond motifs is 1. The zero-order valence-electron chi connectivity index (χ0n) is 19.7. The van der Waals surface area contributed by atoms with Gasteiger partial charge in [0.25, 0.3) is 5.91 Å². The van der Waals surface area contributed by atoms with Gasteiger partial charge in [0.2, 0.25) is 15.9 Å². The summed E-state index contributed by atoms with van der Waals surface area (Å²) in [6, 6.07) is 12.1. The fourth-order valence-electron chi connectivity index (χ4n) is 4.42. The molecule has 0 unspecified atom stereocenters. The number of aryl methyl sites for hydroxylation is 1. The molecule has 35 heavy (non-hydrogen) atoms. The summed E-state index contributed by atoms with van der Waals surface area (Å²) in [5.41, 5.74) is 2.76. The third-order valence-corrected chi connectivity index (χ3v) is 8.33. The number of ether oxygens (including phenoxy) is 1. The predicted molar refractivity (Wildman–Crippen MR) is 133 cm³/mol. The normalized spacial score (nSPS) is 16.6. The maximum absolute atomic E-state index is 13.0. The Bertz CT molecular complexity index is 1190. The van der Waals surface area contributed by atoms with Crippen molar-refractivity contribution < 1.29 is 22.7 Å². The summed E-state index contributed by atoms with van der Waals surface area (Å²) < 4.78 is 33.1. The maximum atomic E-state index is 13.0. The fourth-order valence-corrected chi connectivity index (χ4v) is 5.89. The Morgan fingerprint density at radius 2 is 1.86 bits per heavy atom. The molecule has 0 saturated carbocycles. The van der Waals surface area contributed by atoms with E-state index >= 15 is 0 Å². The van der Waals surface area contributed by atoms with E-state index in [0.29, 0.717) is 44.5 Å². The van der Waals surface area contributed by atoms with Crippen LogP contribution in [0.3, 0.4) is 0 Å². The number of rotatable bonds is 8. The van der Waals surface area contributed by atoms with E-state index in [-0.39, 0.29) is 22.8 Å². The van der Waals surface area contributed by atoms with Gasteiger partial charge in [-0.05, 0) is 79.6 Å². The topological polar surface area (TPSA) is 105 Å². The minimum Gasteiger partial charge on any atom is -0.493 e. The lowest BCUT2D eigenvalue weighted by Gasteiger charge is -2.31. The van der Waals surface area contributed by atoms with E-state index in [1.807, 2.05) is 12.1 Å². The molecule has 0 radical (unpaired) electrons. The lowest BCUT2D eigenvalue weighted by Crippen LogP contribution is -2.46. The van der Waals surface area contributed by atoms with Crippen molar-refractivity contribution in [3.05, 3.63) is 71.8 Å². The Kier molecular flexibility index (Phi) is 7.87. The molecule has 0 bridgehead atoms. The number of nitrogens with zero attached hydrogens (tertiary/aromatic N) is 1. The summed E-state index contributed by atoms with van der Waals surface area (Å²) in [5, 5.41) is 5.71. The van der Waals surface area contributed by atoms with Crippen LogP contribution >= 0.6 is 0 Å². The van der Waals surface area contributed by atoms with Crippen LogP contribution in [-0.4, -0.2) is 56.8 Å². The van der Waals surface area contributed by atoms with Crippen molar-refractivity contribution in [1.29, 1.82) is 0 Å². The molecule has 2 N–H and O–H groups in total. The SMILES string of the molecule is C=CC(=O)NC1CCN(S(=O)(=O)c2ccc(C(=O)NCCc3ccc4c(c3)CCCO4)cc2)CC1. The maximum Gasteiger partial charge on any atom is 0.251 e. The number of carbonyl (C=O) groups is 2. The van der Waals surface area contributed by atoms with Crippen LogP contribution in [0.25, 0.3) is 0 Å². The largest absolute Gasteiger partial charge is 0.493 e. The molecule has 2 aromatic rings. The molecule has 2 heterocycles. The number of carbonyl (C=O) groups excluding carboxylic acids is 2. The summed E-state index contributed by atoms with van der Waals surface area (Å²) in [6.45, 7) is 5.32. The molecule has 2 amide bonds. The van der Waals surface area contributed by atoms with Gasteiger partial charge >= 0.3 is 0 Å². The molecule has 0 aromatic heterocycles. The molecule has 2 aliphatic heterocycles. The van der Waals surface area contributed by atoms with E-state index in [2.05, 4.69) is 23.3 Å². The van der Waals surface area contributed by atoms with Crippen LogP contribution < -0.4 is 15.4 Å². The molecular weight excluding hydrogens is 466 g/mol. The summed E-state index contributed by atoms with van der Waals surface area (Å²) in [7, 11) is -3.66. The first-order valence-corrected chi connectivity index (χ1v) is 13.4. The van der Waals surface area contributed by atoms with E-state index in [9.17, 15) is 18.0 Å². The van der Waals surface area contributed by atoms with E-state index in [0.717, 1.165) is 30.8 Å². The lowest BCUT2D eigenvalue weighted by atomic mass is 10.0. The van der Waals surface area contributed by atoms with E-state index < -0.39 is 10.0 Å². The molecule has 0 spiro atoms. The van der Waals surface area contributed by atoms with E-state index in [4.69, 9.17) is 4.74 Å². The van der Waals surface area contributed by atoms with Crippen molar-refractivity contribution in [2.24, 2.45) is 0 Å². The van der Waals surface area contributed by atoms with Crippen LogP contribution in [0.5, 0.6) is 5.75 Å². The van der Waals surface area contributed by atoms with Crippen molar-refractivity contribution in [3.63, 3.8) is 0 Å². The number of benzene rings is 2. The first-order chi connectivity index (χ1) is 16.9. The molecule has 4 rings (SSSR count). The Balaban J connectivity index is 1.29. The quantitative estimate of drug-likeness (QED) is 0.545. The molecule has 186 valence electrons. The van der Waals surface area contributed by atoms with Gasteiger partial charge in [-0.25, -0.2) is 8.42 Å². The van der Waals surface area contributed by atoms with Crippen LogP contribution in [0.4, 0.5) is 0 Å². The molecule has 9 heteroatoms. The standard InChI is InChI=1S/C26H31N3O5S/c1-2-25(30)28-22-12-15-29(16-13-22)35(32,33)23-8-6-20(7-9-23)26(31)27-14-11-19-5-10-24-21(18-19)4-3-17-34-24/h2,5-10,18,22H,1,3-4,11-17H2,(H,27,31)(H,28,30). The second-order valence-electron chi connectivity index (χ2n) is 8.82. The Labute approximate surface area is 206 Å². The monoisotopic (exact) mass is 497 g/mol. The van der Waals surface area contributed by atoms with Gasteiger partial charge in [0.1, 0.15) is 5.75 Å². The molecule has 0 atom stereocenters. The molecular formula is C26H31N3O5S. The highest BCUT2D eigenvalue weighted by molar-refractivity contribution is 7.89. The van der Waals surface area contributed by atoms with Gasteiger partial charge in [0, 0.05) is 31.2 Å². The summed E-state index contributed by atoms with van der Waals surface area (Å²) >= 11 is 0. The number of sulfonamides is 1. The van der Waals surface area contributed by atoms with Gasteiger partial charge in [-0.2, -0.15) is 4.31 Å². The van der Waals surface area contributed by atoms with E-state index in [1.54, 1.807) is 0 Å². The summed E-state index contributed by atoms with van der Waals surface area (Å²) in [6.07, 6.45) is 5.02. The molecule has 0 aliphatic carbocycles. The fraction of sp³-hybridized carbons (Fsp3) is 0.385. The van der Waals surface area contributed by atoms with Crippen LogP contribution in [0.15, 0.2) is 60.0 Å². The van der Waals surface area contributed by atoms with Gasteiger partial charge in [-0.3, -0.25) is 9.59 Å². The molecule has 8 nitrogen and oxygen atoms in total. The van der Waals surface area contributed by atoms with Crippen molar-refractivity contribution in [2.75, 3.05) is 26.2 Å². The molecule has 1 fully saturated rings. The number of piperidine rings is 1. The smallest absolute Gasteiger partial charge is 0.251 e. The highest BCUT2D eigenvalue weighted by Crippen LogP contribution is 2.26. The highest BCUT2D eigenvalue weighted by atomic mass is 32.2. The minimum atomic E-state index is -3.66. The minimum absolute atomic E-state index is 0.0624.